The Bertz CT molecular complexity index is 599. The topological polar surface area (TPSA) is 42.7 Å². The molecular formula is C17H26N4. The average molecular weight is 286 g/mol. The molecule has 1 N–H and O–H groups in total. The molecule has 2 aromatic rings. The molecule has 0 amide bonds. The summed E-state index contributed by atoms with van der Waals surface area (Å²) in [4.78, 5) is 4.73. The molecule has 114 valence electrons. The Labute approximate surface area is 127 Å². The zero-order valence-corrected chi connectivity index (χ0v) is 13.8. The fraction of sp³-hybridized carbons (Fsp3) is 0.529. The van der Waals surface area contributed by atoms with E-state index in [0.717, 1.165) is 36.7 Å². The molecule has 0 aliphatic heterocycles. The van der Waals surface area contributed by atoms with Crippen molar-refractivity contribution in [2.75, 3.05) is 6.54 Å². The molecule has 0 unspecified atom stereocenters. The molecule has 0 spiro atoms. The first-order chi connectivity index (χ1) is 10.0. The summed E-state index contributed by atoms with van der Waals surface area (Å²) in [6.45, 7) is 12.6. The summed E-state index contributed by atoms with van der Waals surface area (Å²) in [5, 5.41) is 8.06. The second kappa shape index (κ2) is 6.85. The zero-order chi connectivity index (χ0) is 15.4. The van der Waals surface area contributed by atoms with Crippen LogP contribution in [0, 0.1) is 19.8 Å². The van der Waals surface area contributed by atoms with Gasteiger partial charge in [0, 0.05) is 12.2 Å². The molecular weight excluding hydrogens is 260 g/mol. The monoisotopic (exact) mass is 286 g/mol. The highest BCUT2D eigenvalue weighted by atomic mass is 15.3. The fourth-order valence-corrected chi connectivity index (χ4v) is 2.58. The number of hydrogen-bond acceptors (Lipinski definition) is 3. The highest BCUT2D eigenvalue weighted by Crippen LogP contribution is 2.17. The molecule has 2 aromatic heterocycles. The molecule has 0 radical (unpaired) electrons. The third-order valence-corrected chi connectivity index (χ3v) is 3.66. The van der Waals surface area contributed by atoms with Crippen LogP contribution in [-0.4, -0.2) is 21.3 Å². The first-order valence-electron chi connectivity index (χ1n) is 7.75. The van der Waals surface area contributed by atoms with E-state index in [2.05, 4.69) is 57.2 Å². The van der Waals surface area contributed by atoms with Crippen LogP contribution in [-0.2, 0) is 13.0 Å². The van der Waals surface area contributed by atoms with Crippen LogP contribution < -0.4 is 5.32 Å². The maximum atomic E-state index is 4.73. The molecule has 0 atom stereocenters. The Kier molecular flexibility index (Phi) is 5.12. The van der Waals surface area contributed by atoms with Gasteiger partial charge in [-0.1, -0.05) is 26.8 Å². The minimum Gasteiger partial charge on any atom is -0.311 e. The van der Waals surface area contributed by atoms with Crippen LogP contribution in [0.15, 0.2) is 18.2 Å². The second-order valence-corrected chi connectivity index (χ2v) is 5.93. The standard InChI is InChI=1S/C17H26N4/c1-6-16-13(4)20-21(14(16)5)17-9-7-8-15(19-17)11-18-10-12(2)3/h7-9,12,18H,6,10-11H2,1-5H3. The molecule has 0 aliphatic rings. The van der Waals surface area contributed by atoms with Crippen molar-refractivity contribution in [3.8, 4) is 5.82 Å². The lowest BCUT2D eigenvalue weighted by atomic mass is 10.1. The van der Waals surface area contributed by atoms with Crippen molar-refractivity contribution in [2.24, 2.45) is 5.92 Å². The van der Waals surface area contributed by atoms with Crippen molar-refractivity contribution in [2.45, 2.75) is 47.6 Å². The van der Waals surface area contributed by atoms with Crippen LogP contribution in [0.2, 0.25) is 0 Å². The highest BCUT2D eigenvalue weighted by molar-refractivity contribution is 5.33. The molecule has 0 saturated carbocycles. The van der Waals surface area contributed by atoms with E-state index in [1.807, 2.05) is 10.7 Å². The largest absolute Gasteiger partial charge is 0.311 e. The Morgan fingerprint density at radius 2 is 2.00 bits per heavy atom. The summed E-state index contributed by atoms with van der Waals surface area (Å²) < 4.78 is 1.96. The lowest BCUT2D eigenvalue weighted by molar-refractivity contribution is 0.547. The summed E-state index contributed by atoms with van der Waals surface area (Å²) in [5.74, 6) is 1.55. The average Bonchev–Trinajstić information content (AvgIpc) is 2.73. The number of rotatable bonds is 6. The number of pyridine rings is 1. The molecule has 0 fully saturated rings. The number of aromatic nitrogens is 3. The van der Waals surface area contributed by atoms with Crippen LogP contribution in [0.3, 0.4) is 0 Å². The van der Waals surface area contributed by atoms with Crippen LogP contribution in [0.5, 0.6) is 0 Å². The summed E-state index contributed by atoms with van der Waals surface area (Å²) in [6, 6.07) is 6.13. The van der Waals surface area contributed by atoms with E-state index >= 15 is 0 Å². The maximum Gasteiger partial charge on any atom is 0.153 e. The van der Waals surface area contributed by atoms with Gasteiger partial charge in [-0.3, -0.25) is 0 Å². The Morgan fingerprint density at radius 1 is 1.24 bits per heavy atom. The van der Waals surface area contributed by atoms with E-state index in [0.29, 0.717) is 5.92 Å². The van der Waals surface area contributed by atoms with E-state index in [1.54, 1.807) is 0 Å². The van der Waals surface area contributed by atoms with E-state index in [1.165, 1.54) is 11.3 Å². The van der Waals surface area contributed by atoms with Gasteiger partial charge in [-0.2, -0.15) is 5.10 Å². The Balaban J connectivity index is 2.21. The van der Waals surface area contributed by atoms with Gasteiger partial charge in [0.2, 0.25) is 0 Å². The third kappa shape index (κ3) is 3.70. The zero-order valence-electron chi connectivity index (χ0n) is 13.8. The minimum atomic E-state index is 0.649. The van der Waals surface area contributed by atoms with Gasteiger partial charge in [-0.25, -0.2) is 9.67 Å². The number of nitrogens with zero attached hydrogens (tertiary/aromatic N) is 3. The molecule has 0 aromatic carbocycles. The van der Waals surface area contributed by atoms with Crippen molar-refractivity contribution in [3.63, 3.8) is 0 Å². The van der Waals surface area contributed by atoms with Gasteiger partial charge in [0.25, 0.3) is 0 Å². The summed E-state index contributed by atoms with van der Waals surface area (Å²) in [5.41, 5.74) is 4.66. The lowest BCUT2D eigenvalue weighted by Gasteiger charge is -2.09. The summed E-state index contributed by atoms with van der Waals surface area (Å²) >= 11 is 0. The van der Waals surface area contributed by atoms with E-state index in [4.69, 9.17) is 4.98 Å². The SMILES string of the molecule is CCc1c(C)nn(-c2cccc(CNCC(C)C)n2)c1C. The number of nitrogens with one attached hydrogen (secondary N) is 1. The highest BCUT2D eigenvalue weighted by Gasteiger charge is 2.12. The minimum absolute atomic E-state index is 0.649. The molecule has 0 saturated heterocycles. The van der Waals surface area contributed by atoms with Crippen molar-refractivity contribution in [3.05, 3.63) is 40.8 Å². The predicted molar refractivity (Wildman–Crippen MR) is 86.8 cm³/mol. The van der Waals surface area contributed by atoms with Gasteiger partial charge in [-0.05, 0) is 50.4 Å². The first kappa shape index (κ1) is 15.7. The molecule has 0 bridgehead atoms. The van der Waals surface area contributed by atoms with E-state index < -0.39 is 0 Å². The second-order valence-electron chi connectivity index (χ2n) is 5.93. The van der Waals surface area contributed by atoms with Crippen molar-refractivity contribution >= 4 is 0 Å². The van der Waals surface area contributed by atoms with Gasteiger partial charge >= 0.3 is 0 Å². The Morgan fingerprint density at radius 3 is 2.62 bits per heavy atom. The van der Waals surface area contributed by atoms with Gasteiger partial charge in [-0.15, -0.1) is 0 Å². The molecule has 4 nitrogen and oxygen atoms in total. The molecule has 0 aliphatic carbocycles. The number of hydrogen-bond donors (Lipinski definition) is 1. The van der Waals surface area contributed by atoms with Crippen molar-refractivity contribution < 1.29 is 0 Å². The smallest absolute Gasteiger partial charge is 0.153 e. The normalized spacial score (nSPS) is 11.3. The number of aryl methyl sites for hydroxylation is 1. The fourth-order valence-electron chi connectivity index (χ4n) is 2.58. The van der Waals surface area contributed by atoms with Crippen LogP contribution >= 0.6 is 0 Å². The van der Waals surface area contributed by atoms with Gasteiger partial charge in [0.15, 0.2) is 5.82 Å². The third-order valence-electron chi connectivity index (χ3n) is 3.66. The van der Waals surface area contributed by atoms with Crippen molar-refractivity contribution in [1.29, 1.82) is 0 Å². The molecule has 21 heavy (non-hydrogen) atoms. The maximum absolute atomic E-state index is 4.73. The Hall–Kier alpha value is -1.68. The van der Waals surface area contributed by atoms with E-state index in [-0.39, 0.29) is 0 Å². The quantitative estimate of drug-likeness (QED) is 0.887. The van der Waals surface area contributed by atoms with Crippen LogP contribution in [0.1, 0.15) is 43.4 Å². The molecule has 2 heterocycles. The summed E-state index contributed by atoms with van der Waals surface area (Å²) in [6.07, 6.45) is 1.01. The van der Waals surface area contributed by atoms with Gasteiger partial charge in [0.1, 0.15) is 0 Å². The van der Waals surface area contributed by atoms with E-state index in [9.17, 15) is 0 Å². The first-order valence-corrected chi connectivity index (χ1v) is 7.75. The predicted octanol–water partition coefficient (Wildman–Crippen LogP) is 3.19. The van der Waals surface area contributed by atoms with Crippen LogP contribution in [0.25, 0.3) is 5.82 Å². The molecule has 4 heteroatoms. The van der Waals surface area contributed by atoms with Crippen molar-refractivity contribution in [1.82, 2.24) is 20.1 Å². The molecule has 2 rings (SSSR count). The van der Waals surface area contributed by atoms with Gasteiger partial charge < -0.3 is 5.32 Å². The van der Waals surface area contributed by atoms with Gasteiger partial charge in [0.05, 0.1) is 11.4 Å². The summed E-state index contributed by atoms with van der Waals surface area (Å²) in [7, 11) is 0. The van der Waals surface area contributed by atoms with Crippen LogP contribution in [0.4, 0.5) is 0 Å². The lowest BCUT2D eigenvalue weighted by Crippen LogP contribution is -2.20.